The highest BCUT2D eigenvalue weighted by Gasteiger charge is 2.34. The summed E-state index contributed by atoms with van der Waals surface area (Å²) in [5, 5.41) is 12.0. The molecule has 1 nitrogen and oxygen atoms in total. The van der Waals surface area contributed by atoms with E-state index in [-0.39, 0.29) is 32.9 Å². The van der Waals surface area contributed by atoms with Crippen molar-refractivity contribution >= 4 is 75.4 Å². The predicted octanol–water partition coefficient (Wildman–Crippen LogP) is 26.7. The molecule has 0 bridgehead atoms. The third-order valence-corrected chi connectivity index (χ3v) is 22.4. The van der Waals surface area contributed by atoms with Crippen molar-refractivity contribution in [2.75, 3.05) is 0 Å². The molecular formula is C84H105F7OSi2. The number of halogens is 7. The van der Waals surface area contributed by atoms with Gasteiger partial charge in [0, 0.05) is 10.8 Å². The summed E-state index contributed by atoms with van der Waals surface area (Å²) < 4.78 is 96.9. The Morgan fingerprint density at radius 1 is 0.340 bits per heavy atom. The Bertz CT molecular complexity index is 4060. The number of fused-ring (bicyclic) bond motifs is 5. The predicted molar refractivity (Wildman–Crippen MR) is 398 cm³/mol. The van der Waals surface area contributed by atoms with E-state index < -0.39 is 40.7 Å². The lowest BCUT2D eigenvalue weighted by atomic mass is 9.79. The lowest BCUT2D eigenvalue weighted by molar-refractivity contribution is -0.137. The molecule has 0 saturated carbocycles. The van der Waals surface area contributed by atoms with Crippen LogP contribution >= 0.6 is 0 Å². The molecule has 0 spiro atoms. The second kappa shape index (κ2) is 30.1. The minimum atomic E-state index is -4.30. The second-order valence-corrected chi connectivity index (χ2v) is 40.0. The molecule has 10 rings (SSSR count). The van der Waals surface area contributed by atoms with Gasteiger partial charge in [-0.05, 0) is 180 Å². The summed E-state index contributed by atoms with van der Waals surface area (Å²) in [6, 6.07) is 58.6. The zero-order chi connectivity index (χ0) is 70.2. The van der Waals surface area contributed by atoms with E-state index >= 15 is 0 Å². The van der Waals surface area contributed by atoms with Gasteiger partial charge in [-0.25, -0.2) is 4.39 Å². The van der Waals surface area contributed by atoms with E-state index in [0.29, 0.717) is 16.3 Å². The number of hydrogen-bond donors (Lipinski definition) is 0. The Labute approximate surface area is 561 Å². The van der Waals surface area contributed by atoms with Crippen LogP contribution in [-0.4, -0.2) is 22.6 Å². The normalized spacial score (nSPS) is 12.7. The van der Waals surface area contributed by atoms with E-state index in [1.54, 1.807) is 41.6 Å². The summed E-state index contributed by atoms with van der Waals surface area (Å²) in [5.41, 5.74) is 6.01. The quantitative estimate of drug-likeness (QED) is 0.0779. The molecule has 0 radical (unpaired) electrons. The SMILES string of the molecule is CCC(C)(C)c1cc(C(F)(F)F)cc2ccccc12.CCC(C)(C)c1ccc(CC(F)(F)F)c2ccccc12.CCC(C)(C)c1ccc(F)c2ccccc12.CCC(C)(C)c1ccc(O[Si](C)(C)C)c2ccccc12.CCC(C)(C)c1ccc([Si](C)(C)C)c2ccccc12. The maximum absolute atomic E-state index is 13.7. The fourth-order valence-corrected chi connectivity index (χ4v) is 14.4. The van der Waals surface area contributed by atoms with E-state index in [9.17, 15) is 30.7 Å². The number of hydrogen-bond acceptors (Lipinski definition) is 1. The highest BCUT2D eigenvalue weighted by Crippen LogP contribution is 2.42. The van der Waals surface area contributed by atoms with E-state index in [4.69, 9.17) is 4.43 Å². The second-order valence-electron chi connectivity index (χ2n) is 30.5. The topological polar surface area (TPSA) is 9.23 Å². The van der Waals surface area contributed by atoms with Crippen molar-refractivity contribution in [1.29, 1.82) is 0 Å². The Hall–Kier alpha value is -6.76. The van der Waals surface area contributed by atoms with Gasteiger partial charge in [0.1, 0.15) is 11.6 Å². The molecule has 0 atom stereocenters. The first-order chi connectivity index (χ1) is 43.6. The van der Waals surface area contributed by atoms with Crippen LogP contribution in [0.3, 0.4) is 0 Å². The van der Waals surface area contributed by atoms with E-state index in [1.165, 1.54) is 56.8 Å². The molecule has 0 aliphatic rings. The fourth-order valence-electron chi connectivity index (χ4n) is 12.0. The largest absolute Gasteiger partial charge is 0.544 e. The third-order valence-electron chi connectivity index (χ3n) is 19.6. The zero-order valence-electron chi connectivity index (χ0n) is 60.1. The van der Waals surface area contributed by atoms with Gasteiger partial charge in [0.2, 0.25) is 8.32 Å². The van der Waals surface area contributed by atoms with Gasteiger partial charge in [-0.3, -0.25) is 0 Å². The molecule has 10 aromatic rings. The summed E-state index contributed by atoms with van der Waals surface area (Å²) in [6.45, 7) is 46.7. The summed E-state index contributed by atoms with van der Waals surface area (Å²) >= 11 is 0. The van der Waals surface area contributed by atoms with Gasteiger partial charge in [-0.1, -0.05) is 286 Å². The molecule has 0 saturated heterocycles. The molecule has 10 heteroatoms. The van der Waals surface area contributed by atoms with Gasteiger partial charge < -0.3 is 4.43 Å². The number of alkyl halides is 6. The van der Waals surface area contributed by atoms with Gasteiger partial charge >= 0.3 is 12.4 Å². The Morgan fingerprint density at radius 2 is 0.681 bits per heavy atom. The number of rotatable bonds is 14. The van der Waals surface area contributed by atoms with Crippen LogP contribution < -0.4 is 9.61 Å². The molecule has 0 unspecified atom stereocenters. The van der Waals surface area contributed by atoms with Crippen LogP contribution in [0, 0.1) is 5.82 Å². The lowest BCUT2D eigenvalue weighted by Gasteiger charge is -2.28. The van der Waals surface area contributed by atoms with Crippen LogP contribution in [0.15, 0.2) is 182 Å². The van der Waals surface area contributed by atoms with Crippen molar-refractivity contribution in [1.82, 2.24) is 0 Å². The van der Waals surface area contributed by atoms with Gasteiger partial charge in [-0.15, -0.1) is 0 Å². The monoisotopic (exact) mass is 1320 g/mol. The van der Waals surface area contributed by atoms with Crippen molar-refractivity contribution in [2.45, 2.75) is 221 Å². The first-order valence-electron chi connectivity index (χ1n) is 33.7. The molecule has 504 valence electrons. The average molecular weight is 1320 g/mol. The smallest absolute Gasteiger partial charge is 0.416 e. The van der Waals surface area contributed by atoms with Crippen LogP contribution in [0.5, 0.6) is 5.75 Å². The summed E-state index contributed by atoms with van der Waals surface area (Å²) in [4.78, 5) is 0. The van der Waals surface area contributed by atoms with Crippen molar-refractivity contribution in [3.05, 3.63) is 227 Å². The van der Waals surface area contributed by atoms with Crippen molar-refractivity contribution in [2.24, 2.45) is 0 Å². The van der Waals surface area contributed by atoms with Gasteiger partial charge in [-0.2, -0.15) is 26.3 Å². The van der Waals surface area contributed by atoms with Gasteiger partial charge in [0.25, 0.3) is 0 Å². The van der Waals surface area contributed by atoms with Crippen molar-refractivity contribution in [3.63, 3.8) is 0 Å². The maximum atomic E-state index is 13.7. The summed E-state index contributed by atoms with van der Waals surface area (Å²) in [5.74, 6) is 0.904. The average Bonchev–Trinajstić information content (AvgIpc) is 0.801. The zero-order valence-corrected chi connectivity index (χ0v) is 62.1. The maximum Gasteiger partial charge on any atom is 0.416 e. The molecular weight excluding hydrogens is 1210 g/mol. The molecule has 0 N–H and O–H groups in total. The highest BCUT2D eigenvalue weighted by atomic mass is 28.4. The van der Waals surface area contributed by atoms with E-state index in [1.807, 2.05) is 81.4 Å². The van der Waals surface area contributed by atoms with E-state index in [0.717, 1.165) is 64.1 Å². The summed E-state index contributed by atoms with van der Waals surface area (Å²) in [7, 11) is -2.88. The minimum Gasteiger partial charge on any atom is -0.544 e. The van der Waals surface area contributed by atoms with Gasteiger partial charge in [0.15, 0.2) is 0 Å². The molecule has 0 fully saturated rings. The first-order valence-corrected chi connectivity index (χ1v) is 40.6. The van der Waals surface area contributed by atoms with E-state index in [2.05, 4.69) is 195 Å². The highest BCUT2D eigenvalue weighted by molar-refractivity contribution is 6.90. The minimum absolute atomic E-state index is 0.0453. The standard InChI is InChI=1S/C18H26OSi.C18H26Si.C17H19F3.C16H17F3.C15H17F/c1-7-18(2,3)16-12-13-17(19-20(4,5)6)15-11-9-8-10-14(15)16;1-7-18(2,3)16-12-13-17(19(4,5)6)15-11-9-8-10-14(15)16;1-4-16(2,3)15-10-9-12(11-17(18,19)20)13-7-5-6-8-14(13)15;1-4-15(2,3)14-10-12(16(17,18)19)9-11-7-5-6-8-13(11)14;1-4-15(2,3)13-9-10-14(16)12-8-6-5-7-11(12)13/h8-13H,7H2,1-6H3;8-13H,7H2,1-6H3;5-10H,4,11H2,1-3H3;5-10H,4H2,1-3H3;5-10H,4H2,1-3H3. The first kappa shape index (κ1) is 76.3. The molecule has 94 heavy (non-hydrogen) atoms. The van der Waals surface area contributed by atoms with Crippen LogP contribution in [0.4, 0.5) is 30.7 Å². The molecule has 0 heterocycles. The Kier molecular flexibility index (Phi) is 24.4. The molecule has 0 aromatic heterocycles. The van der Waals surface area contributed by atoms with Crippen LogP contribution in [0.1, 0.15) is 175 Å². The molecule has 0 amide bonds. The molecule has 10 aromatic carbocycles. The fraction of sp³-hybridized carbons (Fsp3) is 0.405. The number of benzene rings is 10. The molecule has 0 aliphatic carbocycles. The molecule has 0 aliphatic heterocycles. The van der Waals surface area contributed by atoms with Gasteiger partial charge in [0.05, 0.1) is 20.1 Å². The van der Waals surface area contributed by atoms with Crippen molar-refractivity contribution in [3.8, 4) is 5.75 Å². The van der Waals surface area contributed by atoms with Crippen LogP contribution in [-0.2, 0) is 39.7 Å². The summed E-state index contributed by atoms with van der Waals surface area (Å²) in [6.07, 6.45) is -4.28. The Morgan fingerprint density at radius 3 is 1.11 bits per heavy atom. The lowest BCUT2D eigenvalue weighted by Crippen LogP contribution is -2.38. The van der Waals surface area contributed by atoms with Crippen LogP contribution in [0.25, 0.3) is 53.9 Å². The van der Waals surface area contributed by atoms with Crippen molar-refractivity contribution < 1.29 is 35.2 Å². The van der Waals surface area contributed by atoms with Crippen LogP contribution in [0.2, 0.25) is 39.3 Å². The Balaban J connectivity index is 0.000000187. The third kappa shape index (κ3) is 18.8.